The number of hydrogen-bond donors (Lipinski definition) is 0. The van der Waals surface area contributed by atoms with Crippen LogP contribution in [-0.4, -0.2) is 75.7 Å². The molecule has 2 unspecified atom stereocenters. The molecule has 10 nitrogen and oxygen atoms in total. The molecule has 0 amide bonds. The van der Waals surface area contributed by atoms with Crippen LogP contribution in [-0.2, 0) is 47.6 Å². The minimum atomic E-state index is -0.0978. The van der Waals surface area contributed by atoms with Crippen molar-refractivity contribution in [3.63, 3.8) is 0 Å². The molecule has 492 valence electrons. The summed E-state index contributed by atoms with van der Waals surface area (Å²) < 4.78 is 31.3. The molecule has 0 aromatic carbocycles. The number of hydrogen-bond acceptors (Lipinski definition) is 10. The molecule has 0 aliphatic rings. The minimum absolute atomic E-state index is 0.0273. The Bertz CT molecular complexity index is 1260. The number of ether oxygens (including phenoxy) is 6. The van der Waals surface area contributed by atoms with Gasteiger partial charge >= 0.3 is 23.9 Å². The number of carbonyl (C=O) groups excluding carboxylic acids is 4. The van der Waals surface area contributed by atoms with Crippen LogP contribution in [0.25, 0.3) is 0 Å². The molecule has 82 heavy (non-hydrogen) atoms. The van der Waals surface area contributed by atoms with E-state index in [1.54, 1.807) is 0 Å². The van der Waals surface area contributed by atoms with E-state index in [0.29, 0.717) is 64.8 Å². The Labute approximate surface area is 511 Å². The van der Waals surface area contributed by atoms with Crippen molar-refractivity contribution in [2.24, 2.45) is 11.8 Å². The molecule has 0 radical (unpaired) electrons. The summed E-state index contributed by atoms with van der Waals surface area (Å²) >= 11 is 0. The molecule has 0 saturated heterocycles. The SMILES string of the molecule is CCCCC(CC)COC(=O)C(CC)CCCC.CCCCCCCCCCCCCC(=O)OC(C)C.CCCCCCCCCCCCCC(=O)OCCOCCOCC.CCCCCCCCCCCCCCCC(=O)OC(C)C. The highest BCUT2D eigenvalue weighted by atomic mass is 16.6. The largest absolute Gasteiger partial charge is 0.465 e. The third-order valence-electron chi connectivity index (χ3n) is 15.0. The second-order valence-corrected chi connectivity index (χ2v) is 24.0. The first-order chi connectivity index (χ1) is 39.8. The van der Waals surface area contributed by atoms with Crippen molar-refractivity contribution in [2.45, 2.75) is 391 Å². The zero-order chi connectivity index (χ0) is 61.6. The Morgan fingerprint density at radius 2 is 0.610 bits per heavy atom. The van der Waals surface area contributed by atoms with Gasteiger partial charge in [0.15, 0.2) is 0 Å². The Hall–Kier alpha value is -2.20. The van der Waals surface area contributed by atoms with Crippen LogP contribution in [0.5, 0.6) is 0 Å². The van der Waals surface area contributed by atoms with Gasteiger partial charge in [-0.25, -0.2) is 0 Å². The van der Waals surface area contributed by atoms with Crippen molar-refractivity contribution in [1.29, 1.82) is 0 Å². The van der Waals surface area contributed by atoms with Crippen molar-refractivity contribution in [1.82, 2.24) is 0 Å². The molecule has 0 fully saturated rings. The van der Waals surface area contributed by atoms with E-state index >= 15 is 0 Å². The third-order valence-corrected chi connectivity index (χ3v) is 15.0. The van der Waals surface area contributed by atoms with Gasteiger partial charge in [0.2, 0.25) is 0 Å². The summed E-state index contributed by atoms with van der Waals surface area (Å²) in [5, 5.41) is 0. The Morgan fingerprint density at radius 1 is 0.305 bits per heavy atom. The van der Waals surface area contributed by atoms with Crippen molar-refractivity contribution in [3.05, 3.63) is 0 Å². The summed E-state index contributed by atoms with van der Waals surface area (Å²) in [6, 6.07) is 0. The Kier molecular flexibility index (Phi) is 78.8. The topological polar surface area (TPSA) is 124 Å². The predicted molar refractivity (Wildman–Crippen MR) is 351 cm³/mol. The molecule has 0 N–H and O–H groups in total. The maximum Gasteiger partial charge on any atom is 0.308 e. The van der Waals surface area contributed by atoms with Crippen LogP contribution in [0.1, 0.15) is 378 Å². The van der Waals surface area contributed by atoms with Crippen LogP contribution in [0, 0.1) is 11.8 Å². The van der Waals surface area contributed by atoms with Crippen LogP contribution < -0.4 is 0 Å². The normalized spacial score (nSPS) is 11.7. The summed E-state index contributed by atoms with van der Waals surface area (Å²) in [5.41, 5.74) is 0. The van der Waals surface area contributed by atoms with Crippen LogP contribution in [0.3, 0.4) is 0 Å². The van der Waals surface area contributed by atoms with E-state index in [-0.39, 0.29) is 42.0 Å². The minimum Gasteiger partial charge on any atom is -0.465 e. The first-order valence-corrected chi connectivity index (χ1v) is 35.7. The lowest BCUT2D eigenvalue weighted by molar-refractivity contribution is -0.151. The number of unbranched alkanes of at least 4 members (excludes halogenated alkanes) is 34. The maximum atomic E-state index is 12.0. The molecule has 0 aromatic heterocycles. The van der Waals surface area contributed by atoms with Gasteiger partial charge in [-0.05, 0) is 79.1 Å². The monoisotopic (exact) mass is 1170 g/mol. The molecule has 0 spiro atoms. The van der Waals surface area contributed by atoms with Gasteiger partial charge in [-0.3, -0.25) is 19.2 Å². The van der Waals surface area contributed by atoms with Gasteiger partial charge in [-0.2, -0.15) is 0 Å². The predicted octanol–water partition coefficient (Wildman–Crippen LogP) is 22.3. The van der Waals surface area contributed by atoms with Crippen molar-refractivity contribution >= 4 is 23.9 Å². The summed E-state index contributed by atoms with van der Waals surface area (Å²) in [6.07, 6.45) is 56.8. The highest BCUT2D eigenvalue weighted by Crippen LogP contribution is 2.19. The lowest BCUT2D eigenvalue weighted by atomic mass is 9.98. The van der Waals surface area contributed by atoms with E-state index in [1.807, 2.05) is 34.6 Å². The maximum absolute atomic E-state index is 12.0. The summed E-state index contributed by atoms with van der Waals surface area (Å²) in [4.78, 5) is 46.1. The van der Waals surface area contributed by atoms with E-state index in [1.165, 1.54) is 218 Å². The molecular weight excluding hydrogens is 1020 g/mol. The summed E-state index contributed by atoms with van der Waals surface area (Å²) in [6.45, 7) is 28.3. The van der Waals surface area contributed by atoms with E-state index in [4.69, 9.17) is 28.4 Å². The molecule has 0 saturated carbocycles. The van der Waals surface area contributed by atoms with Gasteiger partial charge in [0, 0.05) is 25.9 Å². The summed E-state index contributed by atoms with van der Waals surface area (Å²) in [7, 11) is 0. The molecule has 0 aliphatic carbocycles. The number of esters is 4. The standard InChI is InChI=1S/C20H40O4.C19H38O2.C17H34O2.C16H32O2/c1-3-5-6-7-8-9-10-11-12-13-14-15-20(21)24-19-18-23-17-16-22-4-2;1-4-5-6-7-8-9-10-11-12-13-14-15-16-17-19(20)21-18(2)3;1-4-5-6-7-8-9-10-11-12-13-14-15-17(18)19-16(2)3;1-5-9-11-14(7-3)13-18-16(17)15(8-4)12-10-6-2/h3-19H2,1-2H3;18H,4-17H2,1-3H3;16H,4-15H2,1-3H3;14-15H,5-13H2,1-4H3. The van der Waals surface area contributed by atoms with Gasteiger partial charge in [0.05, 0.1) is 44.6 Å². The lowest BCUT2D eigenvalue weighted by Crippen LogP contribution is -2.21. The van der Waals surface area contributed by atoms with Crippen LogP contribution in [0.15, 0.2) is 0 Å². The molecule has 0 bridgehead atoms. The first kappa shape index (κ1) is 86.2. The zero-order valence-electron chi connectivity index (χ0n) is 57.2. The van der Waals surface area contributed by atoms with E-state index < -0.39 is 0 Å². The lowest BCUT2D eigenvalue weighted by Gasteiger charge is -2.18. The Balaban J connectivity index is -0.000000498. The van der Waals surface area contributed by atoms with E-state index in [9.17, 15) is 19.2 Å². The van der Waals surface area contributed by atoms with Crippen molar-refractivity contribution in [2.75, 3.05) is 39.6 Å². The van der Waals surface area contributed by atoms with E-state index in [0.717, 1.165) is 57.8 Å². The zero-order valence-corrected chi connectivity index (χ0v) is 57.2. The molecule has 0 aliphatic heterocycles. The van der Waals surface area contributed by atoms with Crippen LogP contribution >= 0.6 is 0 Å². The fraction of sp³-hybridized carbons (Fsp3) is 0.944. The molecule has 10 heteroatoms. The second-order valence-electron chi connectivity index (χ2n) is 24.0. The first-order valence-electron chi connectivity index (χ1n) is 35.7. The van der Waals surface area contributed by atoms with Crippen molar-refractivity contribution < 1.29 is 47.6 Å². The average molecular weight is 1170 g/mol. The molecule has 2 atom stereocenters. The second kappa shape index (κ2) is 74.9. The average Bonchev–Trinajstić information content (AvgIpc) is 3.45. The number of rotatable bonds is 58. The van der Waals surface area contributed by atoms with Crippen LogP contribution in [0.2, 0.25) is 0 Å². The highest BCUT2D eigenvalue weighted by molar-refractivity contribution is 5.72. The van der Waals surface area contributed by atoms with Gasteiger partial charge < -0.3 is 28.4 Å². The fourth-order valence-electron chi connectivity index (χ4n) is 9.60. The molecular formula is C72H144O10. The van der Waals surface area contributed by atoms with Crippen LogP contribution in [0.4, 0.5) is 0 Å². The van der Waals surface area contributed by atoms with Gasteiger partial charge in [0.1, 0.15) is 6.61 Å². The van der Waals surface area contributed by atoms with Crippen molar-refractivity contribution in [3.8, 4) is 0 Å². The Morgan fingerprint density at radius 3 is 0.927 bits per heavy atom. The van der Waals surface area contributed by atoms with Gasteiger partial charge in [-0.1, -0.05) is 286 Å². The fourth-order valence-corrected chi connectivity index (χ4v) is 9.60. The smallest absolute Gasteiger partial charge is 0.308 e. The van der Waals surface area contributed by atoms with Gasteiger partial charge in [-0.15, -0.1) is 0 Å². The number of carbonyl (C=O) groups is 4. The quantitative estimate of drug-likeness (QED) is 0.0330. The highest BCUT2D eigenvalue weighted by Gasteiger charge is 2.19. The third kappa shape index (κ3) is 77.8. The van der Waals surface area contributed by atoms with Gasteiger partial charge in [0.25, 0.3) is 0 Å². The molecule has 0 aromatic rings. The molecule has 0 rings (SSSR count). The molecule has 0 heterocycles. The summed E-state index contributed by atoms with van der Waals surface area (Å²) in [5.74, 6) is 0.533. The van der Waals surface area contributed by atoms with E-state index in [2.05, 4.69) is 48.5 Å².